The Morgan fingerprint density at radius 3 is 2.00 bits per heavy atom. The average Bonchev–Trinajstić information content (AvgIpc) is 1.81. The molecule has 5 nitrogen and oxygen atoms in total. The van der Waals surface area contributed by atoms with Crippen LogP contribution in [0.4, 0.5) is 0 Å². The van der Waals surface area contributed by atoms with E-state index in [-0.39, 0.29) is 23.9 Å². The minimum Gasteiger partial charge on any atom is -0.480 e. The number of halogens is 1. The molecule has 0 aromatic rings. The van der Waals surface area contributed by atoms with Gasteiger partial charge in [0.2, 0.25) is 0 Å². The van der Waals surface area contributed by atoms with Crippen molar-refractivity contribution in [3.8, 4) is 0 Å². The van der Waals surface area contributed by atoms with Gasteiger partial charge >= 0.3 is 5.97 Å². The summed E-state index contributed by atoms with van der Waals surface area (Å²) in [6.45, 7) is 0. The number of aliphatic carboxylic acids is 1. The van der Waals surface area contributed by atoms with Crippen LogP contribution in [0.2, 0.25) is 0 Å². The molecule has 0 spiro atoms. The molecule has 0 aromatic carbocycles. The largest absolute Gasteiger partial charge is 0.480 e. The van der Waals surface area contributed by atoms with Crippen LogP contribution in [0.15, 0.2) is 0 Å². The van der Waals surface area contributed by atoms with E-state index in [1.807, 2.05) is 0 Å². The second-order valence-corrected chi connectivity index (χ2v) is 4.73. The highest BCUT2D eigenvalue weighted by Crippen LogP contribution is 2.23. The van der Waals surface area contributed by atoms with Crippen LogP contribution in [0.1, 0.15) is 0 Å². The Morgan fingerprint density at radius 2 is 1.92 bits per heavy atom. The molecule has 0 saturated carbocycles. The summed E-state index contributed by atoms with van der Waals surface area (Å²) in [6, 6.07) is 0. The smallest absolute Gasteiger partial charge is 0.326 e. The first-order valence-electron chi connectivity index (χ1n) is 3.05. The third-order valence-electron chi connectivity index (χ3n) is 1.82. The molecule has 0 aromatic heterocycles. The zero-order valence-corrected chi connectivity index (χ0v) is 8.04. The fraction of sp³-hybridized carbons (Fsp3) is 0.800. The maximum Gasteiger partial charge on any atom is 0.326 e. The first-order valence-corrected chi connectivity index (χ1v) is 4.87. The number of carbonyl (C=O) groups is 1. The van der Waals surface area contributed by atoms with Gasteiger partial charge < -0.3 is 10.4 Å². The average molecular weight is 216 g/mol. The number of hydrogen-bond donors (Lipinski definition) is 2. The summed E-state index contributed by atoms with van der Waals surface area (Å²) in [5.74, 6) is -1.70. The molecule has 0 unspecified atom stereocenters. The number of rotatable bonds is 2. The molecule has 0 bridgehead atoms. The standard InChI is InChI=1S/C5H9NO4S.ClH/c1-6-5(4(7)8)2-11(9,10)3-5;/h6H,2-3H2,1H3,(H,7,8);1H. The van der Waals surface area contributed by atoms with E-state index in [1.54, 1.807) is 0 Å². The van der Waals surface area contributed by atoms with Crippen molar-refractivity contribution in [1.82, 2.24) is 5.32 Å². The Kier molecular flexibility index (Phi) is 3.11. The van der Waals surface area contributed by atoms with E-state index in [4.69, 9.17) is 5.11 Å². The van der Waals surface area contributed by atoms with E-state index in [0.29, 0.717) is 0 Å². The summed E-state index contributed by atoms with van der Waals surface area (Å²) in [7, 11) is -1.64. The predicted octanol–water partition coefficient (Wildman–Crippen LogP) is -1.12. The molecule has 1 aliphatic heterocycles. The predicted molar refractivity (Wildman–Crippen MR) is 45.3 cm³/mol. The Labute approximate surface area is 76.5 Å². The van der Waals surface area contributed by atoms with Crippen LogP contribution in [0, 0.1) is 0 Å². The zero-order chi connectivity index (χ0) is 8.70. The monoisotopic (exact) mass is 215 g/mol. The number of likely N-dealkylation sites (N-methyl/N-ethyl adjacent to an activating group) is 1. The van der Waals surface area contributed by atoms with Crippen molar-refractivity contribution in [3.63, 3.8) is 0 Å². The molecule has 1 fully saturated rings. The van der Waals surface area contributed by atoms with Gasteiger partial charge in [0.25, 0.3) is 0 Å². The molecule has 1 rings (SSSR count). The van der Waals surface area contributed by atoms with Gasteiger partial charge in [-0.1, -0.05) is 0 Å². The maximum atomic E-state index is 10.7. The fourth-order valence-corrected chi connectivity index (χ4v) is 3.04. The van der Waals surface area contributed by atoms with Gasteiger partial charge in [0.05, 0.1) is 11.5 Å². The van der Waals surface area contributed by atoms with Crippen molar-refractivity contribution in [2.45, 2.75) is 5.54 Å². The lowest BCUT2D eigenvalue weighted by Gasteiger charge is -2.36. The molecule has 0 atom stereocenters. The minimum atomic E-state index is -3.09. The Bertz CT molecular complexity index is 274. The van der Waals surface area contributed by atoms with E-state index >= 15 is 0 Å². The highest BCUT2D eigenvalue weighted by molar-refractivity contribution is 7.93. The van der Waals surface area contributed by atoms with Gasteiger partial charge in [0.1, 0.15) is 5.54 Å². The molecule has 1 heterocycles. The van der Waals surface area contributed by atoms with E-state index in [9.17, 15) is 13.2 Å². The Hall–Kier alpha value is -0.330. The lowest BCUT2D eigenvalue weighted by molar-refractivity contribution is -0.143. The number of nitrogens with one attached hydrogen (secondary N) is 1. The SMILES string of the molecule is CNC1(C(=O)O)CS(=O)(=O)C1.Cl. The van der Waals surface area contributed by atoms with E-state index in [2.05, 4.69) is 5.32 Å². The van der Waals surface area contributed by atoms with Crippen LogP contribution < -0.4 is 5.32 Å². The minimum absolute atomic E-state index is 0. The summed E-state index contributed by atoms with van der Waals surface area (Å²) < 4.78 is 21.3. The first-order chi connectivity index (χ1) is 4.92. The third kappa shape index (κ3) is 1.70. The highest BCUT2D eigenvalue weighted by Gasteiger charge is 2.53. The van der Waals surface area contributed by atoms with Crippen LogP contribution in [-0.4, -0.2) is 43.6 Å². The Morgan fingerprint density at radius 1 is 1.50 bits per heavy atom. The molecule has 1 aliphatic rings. The van der Waals surface area contributed by atoms with Crippen LogP contribution in [-0.2, 0) is 14.6 Å². The van der Waals surface area contributed by atoms with Gasteiger partial charge in [-0.05, 0) is 7.05 Å². The van der Waals surface area contributed by atoms with Crippen molar-refractivity contribution >= 4 is 28.2 Å². The van der Waals surface area contributed by atoms with E-state index < -0.39 is 21.3 Å². The van der Waals surface area contributed by atoms with Crippen LogP contribution in [0.3, 0.4) is 0 Å². The van der Waals surface area contributed by atoms with Crippen LogP contribution in [0.25, 0.3) is 0 Å². The van der Waals surface area contributed by atoms with Crippen LogP contribution >= 0.6 is 12.4 Å². The number of carboxylic acids is 1. The fourth-order valence-electron chi connectivity index (χ4n) is 1.08. The molecule has 2 N–H and O–H groups in total. The van der Waals surface area contributed by atoms with Crippen molar-refractivity contribution < 1.29 is 18.3 Å². The zero-order valence-electron chi connectivity index (χ0n) is 6.40. The van der Waals surface area contributed by atoms with Crippen molar-refractivity contribution in [2.24, 2.45) is 0 Å². The topological polar surface area (TPSA) is 83.5 Å². The van der Waals surface area contributed by atoms with Crippen molar-refractivity contribution in [2.75, 3.05) is 18.6 Å². The Balaban J connectivity index is 0.00000121. The molecule has 0 aliphatic carbocycles. The maximum absolute atomic E-state index is 10.7. The normalized spacial score (nSPS) is 23.4. The quantitative estimate of drug-likeness (QED) is 0.610. The molecule has 0 radical (unpaired) electrons. The molecular weight excluding hydrogens is 206 g/mol. The lowest BCUT2D eigenvalue weighted by atomic mass is 10.1. The van der Waals surface area contributed by atoms with Gasteiger partial charge in [-0.2, -0.15) is 0 Å². The highest BCUT2D eigenvalue weighted by atomic mass is 35.5. The molecule has 1 saturated heterocycles. The number of hydrogen-bond acceptors (Lipinski definition) is 4. The molecule has 7 heteroatoms. The summed E-state index contributed by atoms with van der Waals surface area (Å²) in [5.41, 5.74) is -1.22. The van der Waals surface area contributed by atoms with Gasteiger partial charge in [-0.3, -0.25) is 4.79 Å². The van der Waals surface area contributed by atoms with Gasteiger partial charge in [-0.15, -0.1) is 12.4 Å². The van der Waals surface area contributed by atoms with Crippen molar-refractivity contribution in [1.29, 1.82) is 0 Å². The number of carboxylic acid groups (broad SMARTS) is 1. The number of sulfone groups is 1. The summed E-state index contributed by atoms with van der Waals surface area (Å²) in [5, 5.41) is 11.1. The third-order valence-corrected chi connectivity index (χ3v) is 3.69. The second-order valence-electron chi connectivity index (χ2n) is 2.67. The van der Waals surface area contributed by atoms with Gasteiger partial charge in [0.15, 0.2) is 9.84 Å². The van der Waals surface area contributed by atoms with Gasteiger partial charge in [0, 0.05) is 0 Å². The molecule has 72 valence electrons. The van der Waals surface area contributed by atoms with Crippen molar-refractivity contribution in [3.05, 3.63) is 0 Å². The first kappa shape index (κ1) is 11.7. The van der Waals surface area contributed by atoms with Gasteiger partial charge in [-0.25, -0.2) is 8.42 Å². The summed E-state index contributed by atoms with van der Waals surface area (Å²) >= 11 is 0. The van der Waals surface area contributed by atoms with E-state index in [0.717, 1.165) is 0 Å². The lowest BCUT2D eigenvalue weighted by Crippen LogP contribution is -2.67. The summed E-state index contributed by atoms with van der Waals surface area (Å²) in [6.07, 6.45) is 0. The summed E-state index contributed by atoms with van der Waals surface area (Å²) in [4.78, 5) is 10.5. The van der Waals surface area contributed by atoms with Crippen LogP contribution in [0.5, 0.6) is 0 Å². The molecular formula is C5H10ClNO4S. The molecule has 0 amide bonds. The van der Waals surface area contributed by atoms with E-state index in [1.165, 1.54) is 7.05 Å². The second kappa shape index (κ2) is 3.20. The molecule has 12 heavy (non-hydrogen) atoms.